The van der Waals surface area contributed by atoms with E-state index in [-0.39, 0.29) is 24.1 Å². The number of rotatable bonds is 4. The highest BCUT2D eigenvalue weighted by atomic mass is 16.2. The molecular formula is C19H18N2O3. The van der Waals surface area contributed by atoms with E-state index < -0.39 is 0 Å². The number of carbonyl (C=O) groups excluding carboxylic acids is 3. The van der Waals surface area contributed by atoms with E-state index in [0.29, 0.717) is 17.7 Å². The summed E-state index contributed by atoms with van der Waals surface area (Å²) < 4.78 is 0. The van der Waals surface area contributed by atoms with Gasteiger partial charge >= 0.3 is 0 Å². The van der Waals surface area contributed by atoms with Gasteiger partial charge in [0.15, 0.2) is 5.78 Å². The molecule has 0 atom stereocenters. The zero-order chi connectivity index (χ0) is 17.1. The van der Waals surface area contributed by atoms with Crippen LogP contribution in [0.3, 0.4) is 0 Å². The Balaban J connectivity index is 1.66. The van der Waals surface area contributed by atoms with Crippen LogP contribution in [-0.2, 0) is 11.2 Å². The van der Waals surface area contributed by atoms with Crippen LogP contribution < -0.4 is 10.2 Å². The first-order valence-electron chi connectivity index (χ1n) is 7.84. The summed E-state index contributed by atoms with van der Waals surface area (Å²) in [6.07, 6.45) is 0.717. The van der Waals surface area contributed by atoms with Gasteiger partial charge in [0.05, 0.1) is 6.54 Å². The molecule has 5 nitrogen and oxygen atoms in total. The van der Waals surface area contributed by atoms with E-state index in [1.54, 1.807) is 41.3 Å². The standard InChI is InChI=1S/C19H18N2O3/c1-13(22)15-7-8-17-16(11-15)9-10-21(17)18(23)12-20-19(24)14-5-3-2-4-6-14/h2-8,11H,9-10,12H2,1H3,(H,20,24). The van der Waals surface area contributed by atoms with E-state index in [2.05, 4.69) is 5.32 Å². The molecule has 0 fully saturated rings. The molecule has 1 heterocycles. The third kappa shape index (κ3) is 3.20. The van der Waals surface area contributed by atoms with E-state index in [9.17, 15) is 14.4 Å². The summed E-state index contributed by atoms with van der Waals surface area (Å²) >= 11 is 0. The lowest BCUT2D eigenvalue weighted by molar-refractivity contribution is -0.117. The Morgan fingerprint density at radius 1 is 1.04 bits per heavy atom. The van der Waals surface area contributed by atoms with Gasteiger partial charge in [-0.25, -0.2) is 0 Å². The Morgan fingerprint density at radius 3 is 2.50 bits per heavy atom. The van der Waals surface area contributed by atoms with Gasteiger partial charge in [0.2, 0.25) is 5.91 Å². The molecule has 0 aromatic heterocycles. The van der Waals surface area contributed by atoms with Crippen molar-refractivity contribution in [2.45, 2.75) is 13.3 Å². The molecule has 3 rings (SSSR count). The topological polar surface area (TPSA) is 66.5 Å². The van der Waals surface area contributed by atoms with Crippen LogP contribution in [0.1, 0.15) is 33.2 Å². The molecule has 0 spiro atoms. The van der Waals surface area contributed by atoms with Gasteiger partial charge in [-0.15, -0.1) is 0 Å². The summed E-state index contributed by atoms with van der Waals surface area (Å²) in [5.74, 6) is -0.415. The van der Waals surface area contributed by atoms with E-state index in [1.165, 1.54) is 6.92 Å². The van der Waals surface area contributed by atoms with Crippen LogP contribution in [0.25, 0.3) is 0 Å². The highest BCUT2D eigenvalue weighted by Crippen LogP contribution is 2.29. The molecule has 0 radical (unpaired) electrons. The Morgan fingerprint density at radius 2 is 1.79 bits per heavy atom. The molecule has 24 heavy (non-hydrogen) atoms. The molecule has 2 aromatic carbocycles. The van der Waals surface area contributed by atoms with Crippen molar-refractivity contribution >= 4 is 23.3 Å². The number of Topliss-reactive ketones (excluding diaryl/α,β-unsaturated/α-hetero) is 1. The van der Waals surface area contributed by atoms with Crippen molar-refractivity contribution in [1.82, 2.24) is 5.32 Å². The van der Waals surface area contributed by atoms with Crippen LogP contribution in [0, 0.1) is 0 Å². The fourth-order valence-electron chi connectivity index (χ4n) is 2.82. The number of amides is 2. The molecular weight excluding hydrogens is 304 g/mol. The Bertz CT molecular complexity index is 800. The number of ketones is 1. The highest BCUT2D eigenvalue weighted by Gasteiger charge is 2.25. The van der Waals surface area contributed by atoms with Gasteiger partial charge in [0.1, 0.15) is 0 Å². The average molecular weight is 322 g/mol. The Labute approximate surface area is 140 Å². The first-order valence-corrected chi connectivity index (χ1v) is 7.84. The van der Waals surface area contributed by atoms with Gasteiger partial charge in [0.25, 0.3) is 5.91 Å². The summed E-state index contributed by atoms with van der Waals surface area (Å²) in [6.45, 7) is 2.04. The number of fused-ring (bicyclic) bond motifs is 1. The Kier molecular flexibility index (Phi) is 4.42. The van der Waals surface area contributed by atoms with Gasteiger partial charge in [0, 0.05) is 23.4 Å². The van der Waals surface area contributed by atoms with Crippen molar-refractivity contribution in [1.29, 1.82) is 0 Å². The maximum absolute atomic E-state index is 12.4. The maximum atomic E-state index is 12.4. The molecule has 1 aliphatic heterocycles. The quantitative estimate of drug-likeness (QED) is 0.878. The number of nitrogens with zero attached hydrogens (tertiary/aromatic N) is 1. The van der Waals surface area contributed by atoms with E-state index >= 15 is 0 Å². The molecule has 0 saturated carbocycles. The monoisotopic (exact) mass is 322 g/mol. The average Bonchev–Trinajstić information content (AvgIpc) is 3.03. The van der Waals surface area contributed by atoms with Crippen LogP contribution in [0.2, 0.25) is 0 Å². The van der Waals surface area contributed by atoms with Gasteiger partial charge < -0.3 is 10.2 Å². The zero-order valence-electron chi connectivity index (χ0n) is 13.4. The summed E-state index contributed by atoms with van der Waals surface area (Å²) in [5, 5.41) is 2.65. The van der Waals surface area contributed by atoms with E-state index in [1.807, 2.05) is 12.1 Å². The van der Waals surface area contributed by atoms with Crippen molar-refractivity contribution in [2.24, 2.45) is 0 Å². The maximum Gasteiger partial charge on any atom is 0.251 e. The van der Waals surface area contributed by atoms with Crippen LogP contribution in [0.5, 0.6) is 0 Å². The Hall–Kier alpha value is -2.95. The molecule has 2 aromatic rings. The number of hydrogen-bond acceptors (Lipinski definition) is 3. The summed E-state index contributed by atoms with van der Waals surface area (Å²) in [6, 6.07) is 14.2. The minimum atomic E-state index is -0.268. The van der Waals surface area contributed by atoms with Crippen LogP contribution in [0.15, 0.2) is 48.5 Å². The van der Waals surface area contributed by atoms with E-state index in [4.69, 9.17) is 0 Å². The fraction of sp³-hybridized carbons (Fsp3) is 0.211. The third-order valence-electron chi connectivity index (χ3n) is 4.12. The van der Waals surface area contributed by atoms with E-state index in [0.717, 1.165) is 17.7 Å². The summed E-state index contributed by atoms with van der Waals surface area (Å²) in [4.78, 5) is 37.5. The van der Waals surface area contributed by atoms with Crippen LogP contribution >= 0.6 is 0 Å². The van der Waals surface area contributed by atoms with Crippen molar-refractivity contribution < 1.29 is 14.4 Å². The van der Waals surface area contributed by atoms with Crippen molar-refractivity contribution in [2.75, 3.05) is 18.0 Å². The molecule has 2 amide bonds. The minimum Gasteiger partial charge on any atom is -0.343 e. The largest absolute Gasteiger partial charge is 0.343 e. The first kappa shape index (κ1) is 15.9. The zero-order valence-corrected chi connectivity index (χ0v) is 13.4. The first-order chi connectivity index (χ1) is 11.6. The molecule has 0 unspecified atom stereocenters. The number of anilines is 1. The highest BCUT2D eigenvalue weighted by molar-refractivity contribution is 6.02. The second kappa shape index (κ2) is 6.66. The van der Waals surface area contributed by atoms with Gasteiger partial charge in [-0.3, -0.25) is 14.4 Å². The number of benzene rings is 2. The van der Waals surface area contributed by atoms with Gasteiger partial charge in [-0.05, 0) is 49.2 Å². The summed E-state index contributed by atoms with van der Waals surface area (Å²) in [7, 11) is 0. The molecule has 1 N–H and O–H groups in total. The van der Waals surface area contributed by atoms with Crippen LogP contribution in [0.4, 0.5) is 5.69 Å². The number of nitrogens with one attached hydrogen (secondary N) is 1. The molecule has 122 valence electrons. The molecule has 0 bridgehead atoms. The smallest absolute Gasteiger partial charge is 0.251 e. The van der Waals surface area contributed by atoms with Crippen LogP contribution in [-0.4, -0.2) is 30.7 Å². The predicted molar refractivity (Wildman–Crippen MR) is 91.3 cm³/mol. The minimum absolute atomic E-state index is 0.0118. The van der Waals surface area contributed by atoms with Gasteiger partial charge in [-0.1, -0.05) is 18.2 Å². The predicted octanol–water partition coefficient (Wildman–Crippen LogP) is 2.21. The lowest BCUT2D eigenvalue weighted by atomic mass is 10.1. The fourth-order valence-corrected chi connectivity index (χ4v) is 2.82. The van der Waals surface area contributed by atoms with Crippen molar-refractivity contribution in [3.05, 3.63) is 65.2 Å². The third-order valence-corrected chi connectivity index (χ3v) is 4.12. The second-order valence-electron chi connectivity index (χ2n) is 5.74. The number of carbonyl (C=O) groups is 3. The normalized spacial score (nSPS) is 12.6. The second-order valence-corrected chi connectivity index (χ2v) is 5.74. The van der Waals surface area contributed by atoms with Crippen molar-refractivity contribution in [3.63, 3.8) is 0 Å². The number of hydrogen-bond donors (Lipinski definition) is 1. The molecule has 1 aliphatic rings. The SMILES string of the molecule is CC(=O)c1ccc2c(c1)CCN2C(=O)CNC(=O)c1ccccc1. The summed E-state index contributed by atoms with van der Waals surface area (Å²) in [5.41, 5.74) is 2.99. The molecule has 5 heteroatoms. The lowest BCUT2D eigenvalue weighted by Crippen LogP contribution is -2.39. The van der Waals surface area contributed by atoms with Crippen molar-refractivity contribution in [3.8, 4) is 0 Å². The van der Waals surface area contributed by atoms with Gasteiger partial charge in [-0.2, -0.15) is 0 Å². The lowest BCUT2D eigenvalue weighted by Gasteiger charge is -2.18. The molecule has 0 aliphatic carbocycles. The molecule has 0 saturated heterocycles.